The van der Waals surface area contributed by atoms with Crippen LogP contribution in [0, 0.1) is 0 Å². The number of pyridine rings is 1. The highest BCUT2D eigenvalue weighted by atomic mass is 32.1. The number of aromatic nitrogens is 4. The van der Waals surface area contributed by atoms with Gasteiger partial charge in [0, 0.05) is 25.1 Å². The SMILES string of the molecule is COCc1ccnc(Nc2nc3ccc(-c4cn[nH]c4)cc3s2)c1. The van der Waals surface area contributed by atoms with Crippen LogP contribution in [-0.4, -0.2) is 27.3 Å². The first-order valence-electron chi connectivity index (χ1n) is 7.42. The molecule has 7 heteroatoms. The lowest BCUT2D eigenvalue weighted by molar-refractivity contribution is 0.185. The minimum Gasteiger partial charge on any atom is -0.380 e. The Kier molecular flexibility index (Phi) is 3.94. The second-order valence-corrected chi connectivity index (χ2v) is 6.33. The summed E-state index contributed by atoms with van der Waals surface area (Å²) < 4.78 is 6.27. The van der Waals surface area contributed by atoms with Gasteiger partial charge in [0.2, 0.25) is 0 Å². The van der Waals surface area contributed by atoms with Gasteiger partial charge < -0.3 is 10.1 Å². The Morgan fingerprint density at radius 2 is 2.17 bits per heavy atom. The molecule has 2 N–H and O–H groups in total. The van der Waals surface area contributed by atoms with Gasteiger partial charge in [-0.25, -0.2) is 9.97 Å². The number of H-pyrrole nitrogens is 1. The molecule has 4 rings (SSSR count). The van der Waals surface area contributed by atoms with Crippen molar-refractivity contribution in [3.05, 3.63) is 54.5 Å². The van der Waals surface area contributed by atoms with Crippen molar-refractivity contribution >= 4 is 32.5 Å². The molecule has 0 atom stereocenters. The van der Waals surface area contributed by atoms with Crippen molar-refractivity contribution < 1.29 is 4.74 Å². The van der Waals surface area contributed by atoms with Crippen LogP contribution in [0.5, 0.6) is 0 Å². The van der Waals surface area contributed by atoms with E-state index in [-0.39, 0.29) is 0 Å². The lowest BCUT2D eigenvalue weighted by Gasteiger charge is -2.03. The Morgan fingerprint density at radius 1 is 1.21 bits per heavy atom. The molecule has 0 aliphatic heterocycles. The highest BCUT2D eigenvalue weighted by molar-refractivity contribution is 7.22. The third-order valence-electron chi connectivity index (χ3n) is 3.59. The molecule has 0 aliphatic carbocycles. The van der Waals surface area contributed by atoms with Gasteiger partial charge in [0.1, 0.15) is 5.82 Å². The van der Waals surface area contributed by atoms with Gasteiger partial charge in [-0.15, -0.1) is 0 Å². The summed E-state index contributed by atoms with van der Waals surface area (Å²) in [6, 6.07) is 10.1. The van der Waals surface area contributed by atoms with Gasteiger partial charge >= 0.3 is 0 Å². The van der Waals surface area contributed by atoms with Crippen molar-refractivity contribution in [2.45, 2.75) is 6.61 Å². The fourth-order valence-corrected chi connectivity index (χ4v) is 3.39. The van der Waals surface area contributed by atoms with Crippen LogP contribution in [0.2, 0.25) is 0 Å². The Bertz CT molecular complexity index is 964. The second kappa shape index (κ2) is 6.38. The predicted octanol–water partition coefficient (Wildman–Crippen LogP) is 3.97. The van der Waals surface area contributed by atoms with E-state index in [4.69, 9.17) is 4.74 Å². The summed E-state index contributed by atoms with van der Waals surface area (Å²) in [4.78, 5) is 8.95. The van der Waals surface area contributed by atoms with Gasteiger partial charge in [0.05, 0.1) is 23.0 Å². The molecule has 24 heavy (non-hydrogen) atoms. The van der Waals surface area contributed by atoms with Gasteiger partial charge in [0.25, 0.3) is 0 Å². The summed E-state index contributed by atoms with van der Waals surface area (Å²) in [5.41, 5.74) is 4.21. The third kappa shape index (κ3) is 2.99. The lowest BCUT2D eigenvalue weighted by Crippen LogP contribution is -1.95. The van der Waals surface area contributed by atoms with E-state index in [1.54, 1.807) is 24.6 Å². The Balaban J connectivity index is 1.62. The fraction of sp³-hybridized carbons (Fsp3) is 0.118. The maximum absolute atomic E-state index is 5.15. The van der Waals surface area contributed by atoms with Gasteiger partial charge in [-0.05, 0) is 35.4 Å². The molecular weight excluding hydrogens is 322 g/mol. The number of nitrogens with one attached hydrogen (secondary N) is 2. The maximum Gasteiger partial charge on any atom is 0.189 e. The number of thiazole rings is 1. The molecule has 0 spiro atoms. The van der Waals surface area contributed by atoms with Crippen molar-refractivity contribution in [2.75, 3.05) is 12.4 Å². The minimum atomic E-state index is 0.561. The number of aromatic amines is 1. The predicted molar refractivity (Wildman–Crippen MR) is 95.4 cm³/mol. The number of fused-ring (bicyclic) bond motifs is 1. The molecule has 0 fully saturated rings. The lowest BCUT2D eigenvalue weighted by atomic mass is 10.1. The quantitative estimate of drug-likeness (QED) is 0.576. The van der Waals surface area contributed by atoms with Crippen LogP contribution in [0.1, 0.15) is 5.56 Å². The van der Waals surface area contributed by atoms with E-state index in [0.29, 0.717) is 6.61 Å². The van der Waals surface area contributed by atoms with Crippen LogP contribution < -0.4 is 5.32 Å². The largest absolute Gasteiger partial charge is 0.380 e. The van der Waals surface area contributed by atoms with Crippen molar-refractivity contribution in [1.29, 1.82) is 0 Å². The maximum atomic E-state index is 5.15. The monoisotopic (exact) mass is 337 g/mol. The molecule has 3 aromatic heterocycles. The molecule has 4 aromatic rings. The van der Waals surface area contributed by atoms with Crippen LogP contribution in [-0.2, 0) is 11.3 Å². The summed E-state index contributed by atoms with van der Waals surface area (Å²) in [6.45, 7) is 0.561. The Hall–Kier alpha value is -2.77. The zero-order valence-electron chi connectivity index (χ0n) is 13.0. The third-order valence-corrected chi connectivity index (χ3v) is 4.52. The number of anilines is 2. The molecule has 0 bridgehead atoms. The average Bonchev–Trinajstić information content (AvgIpc) is 3.24. The summed E-state index contributed by atoms with van der Waals surface area (Å²) in [6.07, 6.45) is 5.46. The number of nitrogens with zero attached hydrogens (tertiary/aromatic N) is 3. The van der Waals surface area contributed by atoms with E-state index >= 15 is 0 Å². The van der Waals surface area contributed by atoms with Gasteiger partial charge in [-0.3, -0.25) is 5.10 Å². The van der Waals surface area contributed by atoms with Crippen LogP contribution in [0.4, 0.5) is 10.9 Å². The average molecular weight is 337 g/mol. The molecule has 0 saturated carbocycles. The molecule has 0 unspecified atom stereocenters. The second-order valence-electron chi connectivity index (χ2n) is 5.30. The Labute approximate surface area is 142 Å². The van der Waals surface area contributed by atoms with E-state index in [2.05, 4.69) is 31.5 Å². The first kappa shape index (κ1) is 14.8. The highest BCUT2D eigenvalue weighted by Crippen LogP contribution is 2.31. The summed E-state index contributed by atoms with van der Waals surface area (Å²) in [5, 5.41) is 10.9. The fourth-order valence-electron chi connectivity index (χ4n) is 2.48. The van der Waals surface area contributed by atoms with Crippen LogP contribution in [0.3, 0.4) is 0 Å². The molecule has 0 radical (unpaired) electrons. The standard InChI is InChI=1S/C17H15N5OS/c1-23-10-11-4-5-18-16(6-11)22-17-21-14-3-2-12(7-15(14)24-17)13-8-19-20-9-13/h2-9H,10H2,1H3,(H,19,20)(H,18,21,22). The van der Waals surface area contributed by atoms with E-state index in [1.807, 2.05) is 36.7 Å². The number of benzene rings is 1. The zero-order valence-corrected chi connectivity index (χ0v) is 13.8. The molecular formula is C17H15N5OS. The van der Waals surface area contributed by atoms with Gasteiger partial charge in [0.15, 0.2) is 5.13 Å². The van der Waals surface area contributed by atoms with Crippen LogP contribution in [0.15, 0.2) is 48.9 Å². The number of ether oxygens (including phenoxy) is 1. The van der Waals surface area contributed by atoms with Gasteiger partial charge in [-0.1, -0.05) is 17.4 Å². The number of hydrogen-bond donors (Lipinski definition) is 2. The normalized spacial score (nSPS) is 11.0. The molecule has 0 saturated heterocycles. The van der Waals surface area contributed by atoms with Crippen molar-refractivity contribution in [3.63, 3.8) is 0 Å². The van der Waals surface area contributed by atoms with Crippen LogP contribution in [0.25, 0.3) is 21.3 Å². The van der Waals surface area contributed by atoms with Crippen molar-refractivity contribution in [3.8, 4) is 11.1 Å². The van der Waals surface area contributed by atoms with E-state index in [1.165, 1.54) is 0 Å². The van der Waals surface area contributed by atoms with Crippen molar-refractivity contribution in [2.24, 2.45) is 0 Å². The smallest absolute Gasteiger partial charge is 0.189 e. The van der Waals surface area contributed by atoms with E-state index in [0.717, 1.165) is 37.9 Å². The van der Waals surface area contributed by atoms with Crippen LogP contribution >= 0.6 is 11.3 Å². The highest BCUT2D eigenvalue weighted by Gasteiger charge is 2.07. The first-order chi connectivity index (χ1) is 11.8. The van der Waals surface area contributed by atoms with E-state index in [9.17, 15) is 0 Å². The number of hydrogen-bond acceptors (Lipinski definition) is 6. The van der Waals surface area contributed by atoms with Crippen molar-refractivity contribution in [1.82, 2.24) is 20.2 Å². The molecule has 6 nitrogen and oxygen atoms in total. The first-order valence-corrected chi connectivity index (χ1v) is 8.24. The summed E-state index contributed by atoms with van der Waals surface area (Å²) in [5.74, 6) is 0.763. The molecule has 0 aliphatic rings. The minimum absolute atomic E-state index is 0.561. The molecule has 120 valence electrons. The zero-order chi connectivity index (χ0) is 16.4. The molecule has 0 amide bonds. The van der Waals surface area contributed by atoms with E-state index < -0.39 is 0 Å². The summed E-state index contributed by atoms with van der Waals surface area (Å²) in [7, 11) is 1.68. The molecule has 3 heterocycles. The summed E-state index contributed by atoms with van der Waals surface area (Å²) >= 11 is 1.60. The Morgan fingerprint density at radius 3 is 3.00 bits per heavy atom. The molecule has 1 aromatic carbocycles. The number of methoxy groups -OCH3 is 1. The number of rotatable bonds is 5. The topological polar surface area (TPSA) is 75.7 Å². The van der Waals surface area contributed by atoms with Gasteiger partial charge in [-0.2, -0.15) is 5.10 Å².